The lowest BCUT2D eigenvalue weighted by Crippen LogP contribution is -2.61. The normalized spacial score (nSPS) is 37.5. The molecule has 1 aromatic rings. The molecule has 1 saturated carbocycles. The quantitative estimate of drug-likeness (QED) is 0.206. The Labute approximate surface area is 212 Å². The number of phenols is 1. The van der Waals surface area contributed by atoms with Crippen LogP contribution in [0.2, 0.25) is 0 Å². The first-order valence-electron chi connectivity index (χ1n) is 11.8. The Kier molecular flexibility index (Phi) is 7.88. The van der Waals surface area contributed by atoms with Crippen LogP contribution in [0.25, 0.3) is 6.08 Å². The molecule has 2 aliphatic heterocycles. The topological polar surface area (TPSA) is 192 Å². The van der Waals surface area contributed by atoms with Crippen LogP contribution < -0.4 is 0 Å². The number of ether oxygens (including phenoxy) is 4. The van der Waals surface area contributed by atoms with Crippen LogP contribution >= 0.6 is 0 Å². The van der Waals surface area contributed by atoms with Gasteiger partial charge in [0.2, 0.25) is 12.6 Å². The van der Waals surface area contributed by atoms with Crippen molar-refractivity contribution in [2.45, 2.75) is 62.4 Å². The van der Waals surface area contributed by atoms with Crippen LogP contribution in [0.1, 0.15) is 25.3 Å². The predicted octanol–water partition coefficient (Wildman–Crippen LogP) is -0.125. The van der Waals surface area contributed by atoms with Crippen LogP contribution in [0.3, 0.4) is 0 Å². The van der Waals surface area contributed by atoms with Gasteiger partial charge in [-0.15, -0.1) is 0 Å². The molecule has 12 heteroatoms. The van der Waals surface area contributed by atoms with Gasteiger partial charge in [-0.25, -0.2) is 9.59 Å². The third-order valence-electron chi connectivity index (χ3n) is 7.03. The van der Waals surface area contributed by atoms with Crippen molar-refractivity contribution in [3.63, 3.8) is 0 Å². The molecule has 0 spiro atoms. The first kappa shape index (κ1) is 27.0. The highest BCUT2D eigenvalue weighted by molar-refractivity contribution is 5.87. The second-order valence-electron chi connectivity index (χ2n) is 9.58. The zero-order valence-corrected chi connectivity index (χ0v) is 19.9. The van der Waals surface area contributed by atoms with Crippen molar-refractivity contribution < 1.29 is 59.2 Å². The highest BCUT2D eigenvalue weighted by Gasteiger charge is 2.56. The monoisotopic (exact) mass is 522 g/mol. The number of carbonyl (C=O) groups excluding carboxylic acids is 1. The van der Waals surface area contributed by atoms with Gasteiger partial charge in [0.25, 0.3) is 0 Å². The van der Waals surface area contributed by atoms with Crippen molar-refractivity contribution in [3.8, 4) is 5.75 Å². The van der Waals surface area contributed by atoms with Crippen molar-refractivity contribution in [1.82, 2.24) is 0 Å². The second-order valence-corrected chi connectivity index (χ2v) is 9.58. The minimum atomic E-state index is -1.71. The average Bonchev–Trinajstić information content (AvgIpc) is 3.18. The van der Waals surface area contributed by atoms with E-state index in [0.29, 0.717) is 12.0 Å². The van der Waals surface area contributed by atoms with Gasteiger partial charge in [0.1, 0.15) is 24.1 Å². The van der Waals surface area contributed by atoms with Gasteiger partial charge in [0.05, 0.1) is 30.0 Å². The van der Waals surface area contributed by atoms with Gasteiger partial charge in [0.15, 0.2) is 6.10 Å². The van der Waals surface area contributed by atoms with E-state index < -0.39 is 73.0 Å². The summed E-state index contributed by atoms with van der Waals surface area (Å²) in [6, 6.07) is 5.97. The van der Waals surface area contributed by atoms with Crippen molar-refractivity contribution in [2.24, 2.45) is 11.8 Å². The highest BCUT2D eigenvalue weighted by atomic mass is 16.8. The fourth-order valence-corrected chi connectivity index (χ4v) is 5.04. The number of esters is 1. The number of hydrogen-bond donors (Lipinski definition) is 6. The number of hydrogen-bond acceptors (Lipinski definition) is 11. The number of carboxylic acids is 1. The van der Waals surface area contributed by atoms with Crippen molar-refractivity contribution >= 4 is 18.0 Å². The molecule has 2 heterocycles. The number of phenolic OH excluding ortho intramolecular Hbond substituents is 1. The molecular weight excluding hydrogens is 492 g/mol. The zero-order valence-electron chi connectivity index (χ0n) is 19.9. The van der Waals surface area contributed by atoms with Crippen molar-refractivity contribution in [2.75, 3.05) is 6.61 Å². The van der Waals surface area contributed by atoms with Crippen LogP contribution in [-0.2, 0) is 28.5 Å². The number of benzene rings is 1. The Hall–Kier alpha value is -3.00. The maximum Gasteiger partial charge on any atom is 0.334 e. The zero-order chi connectivity index (χ0) is 26.9. The van der Waals surface area contributed by atoms with Gasteiger partial charge in [-0.1, -0.05) is 12.1 Å². The number of aliphatic carboxylic acids is 1. The van der Waals surface area contributed by atoms with Gasteiger partial charge in [-0.05, 0) is 43.5 Å². The lowest BCUT2D eigenvalue weighted by molar-refractivity contribution is -0.346. The molecule has 6 N–H and O–H groups in total. The third kappa shape index (κ3) is 5.64. The summed E-state index contributed by atoms with van der Waals surface area (Å²) >= 11 is 0. The molecule has 202 valence electrons. The molecule has 0 unspecified atom stereocenters. The van der Waals surface area contributed by atoms with Crippen LogP contribution in [-0.4, -0.2) is 91.8 Å². The van der Waals surface area contributed by atoms with E-state index in [9.17, 15) is 40.2 Å². The molecule has 9 atom stereocenters. The van der Waals surface area contributed by atoms with Crippen LogP contribution in [0.15, 0.2) is 42.2 Å². The molecule has 12 nitrogen and oxygen atoms in total. The lowest BCUT2D eigenvalue weighted by Gasteiger charge is -2.44. The lowest BCUT2D eigenvalue weighted by atomic mass is 9.81. The minimum Gasteiger partial charge on any atom is -0.508 e. The summed E-state index contributed by atoms with van der Waals surface area (Å²) in [5.41, 5.74) is -0.792. The van der Waals surface area contributed by atoms with Gasteiger partial charge in [-0.2, -0.15) is 0 Å². The number of aliphatic hydroxyl groups is 4. The average molecular weight is 523 g/mol. The number of aromatic hydroxyl groups is 1. The van der Waals surface area contributed by atoms with E-state index in [0.717, 1.165) is 12.3 Å². The number of carboxylic acid groups (broad SMARTS) is 1. The van der Waals surface area contributed by atoms with Crippen LogP contribution in [0.4, 0.5) is 0 Å². The largest absolute Gasteiger partial charge is 0.508 e. The SMILES string of the molecule is C[C@]1(O)CC[C@H]2C(C(=O)O)=CO[C@@H](O[C@H]3O[C@@H](CO)[C@H](O)[C@@H](O)[C@@H]3OC(=O)/C=C/c3ccc(O)cc3)[C@@H]21. The fourth-order valence-electron chi connectivity index (χ4n) is 5.04. The van der Waals surface area contributed by atoms with E-state index >= 15 is 0 Å². The Balaban J connectivity index is 1.55. The van der Waals surface area contributed by atoms with Gasteiger partial charge >= 0.3 is 11.9 Å². The molecule has 1 saturated heterocycles. The summed E-state index contributed by atoms with van der Waals surface area (Å²) in [5, 5.41) is 60.4. The Morgan fingerprint density at radius 3 is 2.51 bits per heavy atom. The smallest absolute Gasteiger partial charge is 0.334 e. The van der Waals surface area contributed by atoms with Crippen LogP contribution in [0.5, 0.6) is 5.75 Å². The molecule has 0 radical (unpaired) electrons. The highest BCUT2D eigenvalue weighted by Crippen LogP contribution is 2.49. The van der Waals surface area contributed by atoms with E-state index in [-0.39, 0.29) is 17.7 Å². The summed E-state index contributed by atoms with van der Waals surface area (Å²) in [7, 11) is 0. The summed E-state index contributed by atoms with van der Waals surface area (Å²) in [6.45, 7) is 0.850. The second kappa shape index (κ2) is 10.8. The van der Waals surface area contributed by atoms with E-state index in [4.69, 9.17) is 18.9 Å². The minimum absolute atomic E-state index is 0.0155. The van der Waals surface area contributed by atoms with E-state index in [1.54, 1.807) is 12.1 Å². The van der Waals surface area contributed by atoms with Gasteiger partial charge in [0, 0.05) is 12.0 Å². The fraction of sp³-hybridized carbons (Fsp3) is 0.520. The summed E-state index contributed by atoms with van der Waals surface area (Å²) in [4.78, 5) is 24.2. The number of carbonyl (C=O) groups is 2. The first-order valence-corrected chi connectivity index (χ1v) is 11.8. The molecule has 1 aliphatic carbocycles. The molecule has 0 bridgehead atoms. The molecule has 1 aromatic carbocycles. The molecule has 37 heavy (non-hydrogen) atoms. The van der Waals surface area contributed by atoms with E-state index in [1.165, 1.54) is 25.1 Å². The number of fused-ring (bicyclic) bond motifs is 1. The van der Waals surface area contributed by atoms with Crippen molar-refractivity contribution in [3.05, 3.63) is 47.7 Å². The first-order chi connectivity index (χ1) is 17.5. The Morgan fingerprint density at radius 1 is 1.16 bits per heavy atom. The third-order valence-corrected chi connectivity index (χ3v) is 7.03. The van der Waals surface area contributed by atoms with Gasteiger partial charge in [-0.3, -0.25) is 0 Å². The predicted molar refractivity (Wildman–Crippen MR) is 123 cm³/mol. The Morgan fingerprint density at radius 2 is 1.86 bits per heavy atom. The molecule has 3 aliphatic rings. The molecule has 0 aromatic heterocycles. The summed E-state index contributed by atoms with van der Waals surface area (Å²) in [6.07, 6.45) is -4.80. The molecule has 4 rings (SSSR count). The standard InChI is InChI=1S/C25H30O12/c1-25(33)9-8-14-15(22(31)32)11-34-23(18(14)25)37-24-21(20(30)19(29)16(10-26)35-24)36-17(28)7-4-12-2-5-13(27)6-3-12/h2-7,11,14,16,18-21,23-24,26-27,29-30,33H,8-10H2,1H3,(H,31,32)/b7-4+/t14-,16-,18+,19-,20+,21-,23-,24+,25-/m0/s1. The molecule has 2 fully saturated rings. The van der Waals surface area contributed by atoms with E-state index in [2.05, 4.69) is 0 Å². The van der Waals surface area contributed by atoms with Crippen molar-refractivity contribution in [1.29, 1.82) is 0 Å². The summed E-state index contributed by atoms with van der Waals surface area (Å²) < 4.78 is 22.3. The van der Waals surface area contributed by atoms with E-state index in [1.807, 2.05) is 0 Å². The maximum absolute atomic E-state index is 12.5. The summed E-state index contributed by atoms with van der Waals surface area (Å²) in [5.74, 6) is -3.46. The Bertz CT molecular complexity index is 1050. The number of rotatable bonds is 7. The van der Waals surface area contributed by atoms with Crippen LogP contribution in [0, 0.1) is 11.8 Å². The molecule has 0 amide bonds. The maximum atomic E-state index is 12.5. The molecular formula is C25H30O12. The number of aliphatic hydroxyl groups excluding tert-OH is 3. The van der Waals surface area contributed by atoms with Gasteiger partial charge < -0.3 is 49.6 Å².